The maximum absolute atomic E-state index is 12.5. The molecule has 27 heavy (non-hydrogen) atoms. The van der Waals surface area contributed by atoms with Crippen molar-refractivity contribution in [3.8, 4) is 0 Å². The number of rotatable bonds is 7. The number of hydrogen-bond acceptors (Lipinski definition) is 5. The molecule has 6 nitrogen and oxygen atoms in total. The molecule has 2 aromatic rings. The number of aromatic amines is 1. The molecular weight excluding hydrogens is 344 g/mol. The molecule has 1 aromatic carbocycles. The van der Waals surface area contributed by atoms with E-state index in [0.717, 1.165) is 24.9 Å². The average molecular weight is 374 g/mol. The van der Waals surface area contributed by atoms with Crippen LogP contribution in [0.3, 0.4) is 0 Å². The van der Waals surface area contributed by atoms with Crippen molar-refractivity contribution in [2.24, 2.45) is 11.8 Å². The Morgan fingerprint density at radius 2 is 2.00 bits per heavy atom. The van der Waals surface area contributed by atoms with Crippen LogP contribution in [-0.4, -0.2) is 56.6 Å². The minimum Gasteiger partial charge on any atom is -0.469 e. The normalized spacial score (nSPS) is 23.8. The van der Waals surface area contributed by atoms with Gasteiger partial charge in [0.25, 0.3) is 0 Å². The third-order valence-corrected chi connectivity index (χ3v) is 5.87. The van der Waals surface area contributed by atoms with Gasteiger partial charge in [-0.05, 0) is 24.0 Å². The monoisotopic (exact) mass is 374 g/mol. The van der Waals surface area contributed by atoms with Crippen LogP contribution < -0.4 is 0 Å². The first kappa shape index (κ1) is 19.9. The fourth-order valence-electron chi connectivity index (χ4n) is 4.32. The summed E-state index contributed by atoms with van der Waals surface area (Å²) in [6, 6.07) is 8.37. The number of aromatic nitrogens is 1. The molecule has 148 valence electrons. The molecule has 0 unspecified atom stereocenters. The number of methoxy groups -OCH3 is 3. The highest BCUT2D eigenvalue weighted by Gasteiger charge is 2.41. The molecule has 3 atom stereocenters. The Morgan fingerprint density at radius 3 is 2.67 bits per heavy atom. The summed E-state index contributed by atoms with van der Waals surface area (Å²) >= 11 is 0. The van der Waals surface area contributed by atoms with Crippen LogP contribution in [0.4, 0.5) is 0 Å². The first-order chi connectivity index (χ1) is 13.1. The predicted molar refractivity (Wildman–Crippen MR) is 104 cm³/mol. The van der Waals surface area contributed by atoms with Crippen LogP contribution in [0, 0.1) is 11.8 Å². The number of likely N-dealkylation sites (tertiary alicyclic amines) is 1. The van der Waals surface area contributed by atoms with E-state index in [1.165, 1.54) is 18.1 Å². The number of nitrogens with zero attached hydrogens (tertiary/aromatic N) is 1. The number of H-pyrrole nitrogens is 1. The molecule has 0 bridgehead atoms. The molecule has 0 aliphatic carbocycles. The van der Waals surface area contributed by atoms with E-state index in [2.05, 4.69) is 35.1 Å². The molecule has 2 heterocycles. The second-order valence-corrected chi connectivity index (χ2v) is 7.19. The van der Waals surface area contributed by atoms with Gasteiger partial charge in [0, 0.05) is 43.9 Å². The lowest BCUT2D eigenvalue weighted by molar-refractivity contribution is -0.154. The number of piperidine rings is 1. The van der Waals surface area contributed by atoms with Crippen molar-refractivity contribution < 1.29 is 19.0 Å². The van der Waals surface area contributed by atoms with Crippen molar-refractivity contribution in [3.05, 3.63) is 36.0 Å². The van der Waals surface area contributed by atoms with Crippen LogP contribution >= 0.6 is 0 Å². The molecule has 0 spiro atoms. The molecule has 0 radical (unpaired) electrons. The maximum Gasteiger partial charge on any atom is 0.309 e. The molecule has 1 aromatic heterocycles. The highest BCUT2D eigenvalue weighted by atomic mass is 16.7. The van der Waals surface area contributed by atoms with E-state index < -0.39 is 0 Å². The Balaban J connectivity index is 1.97. The summed E-state index contributed by atoms with van der Waals surface area (Å²) in [6.07, 6.45) is 3.43. The minimum atomic E-state index is -0.301. The van der Waals surface area contributed by atoms with E-state index in [4.69, 9.17) is 14.2 Å². The first-order valence-electron chi connectivity index (χ1n) is 9.56. The smallest absolute Gasteiger partial charge is 0.309 e. The molecule has 1 aliphatic rings. The van der Waals surface area contributed by atoms with Gasteiger partial charge in [-0.1, -0.05) is 31.5 Å². The van der Waals surface area contributed by atoms with Gasteiger partial charge in [0.15, 0.2) is 6.29 Å². The number of carbonyl (C=O) groups excluding carboxylic acids is 1. The molecule has 0 amide bonds. The summed E-state index contributed by atoms with van der Waals surface area (Å²) in [6.45, 7) is 3.60. The number of hydrogen-bond donors (Lipinski definition) is 1. The van der Waals surface area contributed by atoms with E-state index in [1.807, 2.05) is 12.1 Å². The van der Waals surface area contributed by atoms with Gasteiger partial charge in [0.05, 0.1) is 19.6 Å². The van der Waals surface area contributed by atoms with Gasteiger partial charge in [-0.2, -0.15) is 0 Å². The fraction of sp³-hybridized carbons (Fsp3) is 0.571. The van der Waals surface area contributed by atoms with Crippen molar-refractivity contribution in [2.45, 2.75) is 32.1 Å². The number of nitrogens with one attached hydrogen (secondary N) is 1. The summed E-state index contributed by atoms with van der Waals surface area (Å²) in [5, 5.41) is 1.19. The number of benzene rings is 1. The molecule has 1 N–H and O–H groups in total. The number of para-hydroxylation sites is 1. The van der Waals surface area contributed by atoms with Crippen LogP contribution in [0.1, 0.15) is 31.4 Å². The lowest BCUT2D eigenvalue weighted by Gasteiger charge is -2.43. The second-order valence-electron chi connectivity index (χ2n) is 7.19. The number of fused-ring (bicyclic) bond motifs is 1. The predicted octanol–water partition coefficient (Wildman–Crippen LogP) is 3.35. The van der Waals surface area contributed by atoms with E-state index in [1.54, 1.807) is 14.2 Å². The molecule has 6 heteroatoms. The largest absolute Gasteiger partial charge is 0.469 e. The fourth-order valence-corrected chi connectivity index (χ4v) is 4.32. The highest BCUT2D eigenvalue weighted by Crippen LogP contribution is 2.41. The lowest BCUT2D eigenvalue weighted by Crippen LogP contribution is -2.48. The van der Waals surface area contributed by atoms with E-state index in [0.29, 0.717) is 6.54 Å². The van der Waals surface area contributed by atoms with Gasteiger partial charge in [0.2, 0.25) is 0 Å². The second kappa shape index (κ2) is 8.87. The molecule has 1 saturated heterocycles. The SMILES string of the molecule is CC[C@@H]1CN(CC(OC)OC)[C@H](c2c[nH]c3ccccc23)C[C@@H]1C(=O)OC. The lowest BCUT2D eigenvalue weighted by atomic mass is 9.78. The average Bonchev–Trinajstić information content (AvgIpc) is 3.14. The van der Waals surface area contributed by atoms with Gasteiger partial charge in [0.1, 0.15) is 0 Å². The van der Waals surface area contributed by atoms with E-state index >= 15 is 0 Å². The van der Waals surface area contributed by atoms with Gasteiger partial charge in [-0.25, -0.2) is 0 Å². The van der Waals surface area contributed by atoms with Gasteiger partial charge in [-0.15, -0.1) is 0 Å². The Kier molecular flexibility index (Phi) is 6.52. The number of ether oxygens (including phenoxy) is 3. The zero-order valence-corrected chi connectivity index (χ0v) is 16.6. The zero-order valence-electron chi connectivity index (χ0n) is 16.6. The molecule has 0 saturated carbocycles. The van der Waals surface area contributed by atoms with Crippen molar-refractivity contribution >= 4 is 16.9 Å². The Morgan fingerprint density at radius 1 is 1.26 bits per heavy atom. The molecular formula is C21H30N2O4. The van der Waals surface area contributed by atoms with Crippen LogP contribution in [-0.2, 0) is 19.0 Å². The van der Waals surface area contributed by atoms with Crippen LogP contribution in [0.15, 0.2) is 30.5 Å². The van der Waals surface area contributed by atoms with Crippen LogP contribution in [0.5, 0.6) is 0 Å². The topological polar surface area (TPSA) is 63.8 Å². The van der Waals surface area contributed by atoms with Crippen LogP contribution in [0.25, 0.3) is 10.9 Å². The third kappa shape index (κ3) is 4.03. The molecule has 1 fully saturated rings. The summed E-state index contributed by atoms with van der Waals surface area (Å²) in [4.78, 5) is 18.2. The zero-order chi connectivity index (χ0) is 19.4. The maximum atomic E-state index is 12.5. The Hall–Kier alpha value is -1.89. The summed E-state index contributed by atoms with van der Waals surface area (Å²) < 4.78 is 16.0. The summed E-state index contributed by atoms with van der Waals surface area (Å²) in [5.41, 5.74) is 2.31. The Labute approximate surface area is 160 Å². The standard InChI is InChI=1S/C21H30N2O4/c1-5-14-12-23(13-20(25-2)26-3)19(10-16(14)21(24)27-4)17-11-22-18-9-7-6-8-15(17)18/h6-9,11,14,16,19-20,22H,5,10,12-13H2,1-4H3/t14-,16+,19+/m1/s1. The van der Waals surface area contributed by atoms with E-state index in [-0.39, 0.29) is 30.1 Å². The van der Waals surface area contributed by atoms with Crippen molar-refractivity contribution in [1.82, 2.24) is 9.88 Å². The van der Waals surface area contributed by atoms with Gasteiger partial charge in [-0.3, -0.25) is 9.69 Å². The number of esters is 1. The molecule has 3 rings (SSSR count). The highest BCUT2D eigenvalue weighted by molar-refractivity contribution is 5.83. The van der Waals surface area contributed by atoms with Gasteiger partial charge < -0.3 is 19.2 Å². The van der Waals surface area contributed by atoms with E-state index in [9.17, 15) is 4.79 Å². The van der Waals surface area contributed by atoms with Crippen molar-refractivity contribution in [1.29, 1.82) is 0 Å². The van der Waals surface area contributed by atoms with Crippen molar-refractivity contribution in [2.75, 3.05) is 34.4 Å². The number of carbonyl (C=O) groups is 1. The Bertz CT molecular complexity index is 755. The van der Waals surface area contributed by atoms with Crippen molar-refractivity contribution in [3.63, 3.8) is 0 Å². The minimum absolute atomic E-state index is 0.0980. The summed E-state index contributed by atoms with van der Waals surface area (Å²) in [5.74, 6) is 0.0492. The quantitative estimate of drug-likeness (QED) is 0.595. The van der Waals surface area contributed by atoms with Gasteiger partial charge >= 0.3 is 5.97 Å². The summed E-state index contributed by atoms with van der Waals surface area (Å²) in [7, 11) is 4.80. The van der Waals surface area contributed by atoms with Crippen LogP contribution in [0.2, 0.25) is 0 Å². The third-order valence-electron chi connectivity index (χ3n) is 5.87. The molecule has 1 aliphatic heterocycles. The first-order valence-corrected chi connectivity index (χ1v) is 9.56.